The first-order valence-corrected chi connectivity index (χ1v) is 9.48. The topological polar surface area (TPSA) is 105 Å². The molecule has 9 heteroatoms. The lowest BCUT2D eigenvalue weighted by Crippen LogP contribution is -2.43. The van der Waals surface area contributed by atoms with E-state index >= 15 is 0 Å². The Labute approximate surface area is 164 Å². The zero-order valence-corrected chi connectivity index (χ0v) is 16.9. The first-order valence-electron chi connectivity index (χ1n) is 9.48. The van der Waals surface area contributed by atoms with Gasteiger partial charge in [-0.15, -0.1) is 0 Å². The number of nitrogens with zero attached hydrogens (tertiary/aromatic N) is 4. The maximum Gasteiger partial charge on any atom is 0.313 e. The molecule has 2 aliphatic heterocycles. The molecular weight excluding hydrogens is 364 g/mol. The second-order valence-electron chi connectivity index (χ2n) is 7.91. The van der Waals surface area contributed by atoms with Gasteiger partial charge in [-0.3, -0.25) is 19.1 Å². The highest BCUT2D eigenvalue weighted by molar-refractivity contribution is 5.84. The highest BCUT2D eigenvalue weighted by Gasteiger charge is 2.59. The molecule has 2 saturated heterocycles. The van der Waals surface area contributed by atoms with Crippen LogP contribution in [0.4, 0.5) is 0 Å². The highest BCUT2D eigenvalue weighted by Crippen LogP contribution is 2.43. The number of ether oxygens (including phenoxy) is 1. The molecule has 3 heterocycles. The maximum atomic E-state index is 12.7. The van der Waals surface area contributed by atoms with Gasteiger partial charge in [0, 0.05) is 57.9 Å². The van der Waals surface area contributed by atoms with Gasteiger partial charge in [0.2, 0.25) is 11.8 Å². The fourth-order valence-corrected chi connectivity index (χ4v) is 4.33. The summed E-state index contributed by atoms with van der Waals surface area (Å²) in [6.07, 6.45) is 0.274. The second kappa shape index (κ2) is 7.54. The summed E-state index contributed by atoms with van der Waals surface area (Å²) in [6.45, 7) is 7.29. The van der Waals surface area contributed by atoms with E-state index in [0.29, 0.717) is 19.6 Å². The van der Waals surface area contributed by atoms with Gasteiger partial charge in [-0.2, -0.15) is 5.10 Å². The average Bonchev–Trinajstić information content (AvgIpc) is 3.26. The van der Waals surface area contributed by atoms with E-state index in [0.717, 1.165) is 17.0 Å². The molecule has 2 fully saturated rings. The molecule has 0 bridgehead atoms. The molecule has 9 nitrogen and oxygen atoms in total. The number of carboxylic acids is 1. The van der Waals surface area contributed by atoms with Gasteiger partial charge >= 0.3 is 5.97 Å². The molecule has 0 saturated carbocycles. The van der Waals surface area contributed by atoms with Crippen LogP contribution in [0, 0.1) is 32.1 Å². The first kappa shape index (κ1) is 20.3. The zero-order chi connectivity index (χ0) is 20.6. The number of carboxylic acid groups (broad SMARTS) is 1. The van der Waals surface area contributed by atoms with Crippen LogP contribution in [0.3, 0.4) is 0 Å². The standard InChI is InChI=1S/C19H28N4O5/c1-12-13(2)20-23(14(12)3)6-5-16(24)21-7-15-8-22(17(25)9-28-4)11-19(15,10-21)18(26)27/h15H,5-11H2,1-4H3,(H,26,27)/t15-,19-/m0/s1. The third kappa shape index (κ3) is 3.39. The van der Waals surface area contributed by atoms with Crippen LogP contribution in [0.1, 0.15) is 23.4 Å². The average molecular weight is 392 g/mol. The van der Waals surface area contributed by atoms with Gasteiger partial charge in [-0.25, -0.2) is 0 Å². The highest BCUT2D eigenvalue weighted by atomic mass is 16.5. The molecule has 3 rings (SSSR count). The van der Waals surface area contributed by atoms with Crippen molar-refractivity contribution in [3.05, 3.63) is 17.0 Å². The van der Waals surface area contributed by atoms with Crippen molar-refractivity contribution in [2.45, 2.75) is 33.7 Å². The number of hydrogen-bond donors (Lipinski definition) is 1. The number of methoxy groups -OCH3 is 1. The van der Waals surface area contributed by atoms with Crippen molar-refractivity contribution in [3.8, 4) is 0 Å². The maximum absolute atomic E-state index is 12.7. The summed E-state index contributed by atoms with van der Waals surface area (Å²) in [6, 6.07) is 0. The molecule has 0 spiro atoms. The zero-order valence-electron chi connectivity index (χ0n) is 16.9. The Balaban J connectivity index is 1.65. The van der Waals surface area contributed by atoms with Crippen LogP contribution in [0.15, 0.2) is 0 Å². The Morgan fingerprint density at radius 2 is 1.75 bits per heavy atom. The number of likely N-dealkylation sites (tertiary alicyclic amines) is 2. The molecule has 0 aliphatic carbocycles. The van der Waals surface area contributed by atoms with Crippen molar-refractivity contribution in [2.24, 2.45) is 11.3 Å². The lowest BCUT2D eigenvalue weighted by molar-refractivity contribution is -0.149. The predicted molar refractivity (Wildman–Crippen MR) is 99.6 cm³/mol. The van der Waals surface area contributed by atoms with Gasteiger partial charge in [0.15, 0.2) is 0 Å². The van der Waals surface area contributed by atoms with Crippen molar-refractivity contribution in [2.75, 3.05) is 39.9 Å². The number of rotatable bonds is 6. The van der Waals surface area contributed by atoms with E-state index in [1.165, 1.54) is 7.11 Å². The Morgan fingerprint density at radius 1 is 1.14 bits per heavy atom. The molecule has 2 atom stereocenters. The molecule has 154 valence electrons. The van der Waals surface area contributed by atoms with E-state index in [-0.39, 0.29) is 43.8 Å². The predicted octanol–water partition coefficient (Wildman–Crippen LogP) is 0.216. The van der Waals surface area contributed by atoms with Crippen molar-refractivity contribution in [1.29, 1.82) is 0 Å². The van der Waals surface area contributed by atoms with Crippen molar-refractivity contribution in [1.82, 2.24) is 19.6 Å². The summed E-state index contributed by atoms with van der Waals surface area (Å²) in [7, 11) is 1.44. The quantitative estimate of drug-likeness (QED) is 0.742. The number of carbonyl (C=O) groups excluding carboxylic acids is 2. The summed E-state index contributed by atoms with van der Waals surface area (Å²) < 4.78 is 6.70. The second-order valence-corrected chi connectivity index (χ2v) is 7.91. The van der Waals surface area contributed by atoms with Gasteiger partial charge in [-0.1, -0.05) is 0 Å². The van der Waals surface area contributed by atoms with E-state index in [4.69, 9.17) is 4.74 Å². The minimum Gasteiger partial charge on any atom is -0.481 e. The van der Waals surface area contributed by atoms with Crippen molar-refractivity contribution < 1.29 is 24.2 Å². The fourth-order valence-electron chi connectivity index (χ4n) is 4.33. The normalized spacial score (nSPS) is 23.9. The smallest absolute Gasteiger partial charge is 0.313 e. The Morgan fingerprint density at radius 3 is 2.21 bits per heavy atom. The van der Waals surface area contributed by atoms with Crippen molar-refractivity contribution in [3.63, 3.8) is 0 Å². The van der Waals surface area contributed by atoms with Gasteiger partial charge in [0.05, 0.1) is 5.69 Å². The Bertz CT molecular complexity index is 804. The van der Waals surface area contributed by atoms with Crippen LogP contribution in [0.2, 0.25) is 0 Å². The van der Waals surface area contributed by atoms with Crippen LogP contribution in [0.5, 0.6) is 0 Å². The summed E-state index contributed by atoms with van der Waals surface area (Å²) >= 11 is 0. The first-order chi connectivity index (χ1) is 13.2. The third-order valence-corrected chi connectivity index (χ3v) is 6.29. The van der Waals surface area contributed by atoms with Gasteiger partial charge in [-0.05, 0) is 26.3 Å². The largest absolute Gasteiger partial charge is 0.481 e. The van der Waals surface area contributed by atoms with E-state index in [9.17, 15) is 19.5 Å². The monoisotopic (exact) mass is 392 g/mol. The molecule has 1 N–H and O–H groups in total. The lowest BCUT2D eigenvalue weighted by atomic mass is 9.81. The molecule has 2 amide bonds. The molecule has 2 aliphatic rings. The summed E-state index contributed by atoms with van der Waals surface area (Å²) in [4.78, 5) is 40.0. The summed E-state index contributed by atoms with van der Waals surface area (Å²) in [5, 5.41) is 14.3. The third-order valence-electron chi connectivity index (χ3n) is 6.29. The van der Waals surface area contributed by atoms with E-state index in [1.54, 1.807) is 9.80 Å². The molecule has 1 aromatic rings. The number of aromatic nitrogens is 2. The number of fused-ring (bicyclic) bond motifs is 1. The summed E-state index contributed by atoms with van der Waals surface area (Å²) in [5.74, 6) is -1.49. The molecule has 0 unspecified atom stereocenters. The minimum absolute atomic E-state index is 0.0624. The van der Waals surface area contributed by atoms with Gasteiger partial charge < -0.3 is 19.6 Å². The van der Waals surface area contributed by atoms with E-state index < -0.39 is 11.4 Å². The summed E-state index contributed by atoms with van der Waals surface area (Å²) in [5.41, 5.74) is 2.02. The van der Waals surface area contributed by atoms with Crippen LogP contribution in [0.25, 0.3) is 0 Å². The number of hydrogen-bond acceptors (Lipinski definition) is 5. The van der Waals surface area contributed by atoms with Crippen molar-refractivity contribution >= 4 is 17.8 Å². The van der Waals surface area contributed by atoms with Crippen LogP contribution in [-0.4, -0.2) is 82.4 Å². The number of amides is 2. The Hall–Kier alpha value is -2.42. The van der Waals surface area contributed by atoms with Crippen LogP contribution >= 0.6 is 0 Å². The SMILES string of the molecule is COCC(=O)N1C[C@@H]2CN(C(=O)CCn3nc(C)c(C)c3C)C[C@]2(C(=O)O)C1. The fraction of sp³-hybridized carbons (Fsp3) is 0.684. The lowest BCUT2D eigenvalue weighted by Gasteiger charge is -2.25. The molecule has 0 aromatic carbocycles. The Kier molecular flexibility index (Phi) is 5.47. The van der Waals surface area contributed by atoms with Gasteiger partial charge in [0.25, 0.3) is 0 Å². The van der Waals surface area contributed by atoms with E-state index in [1.807, 2.05) is 25.5 Å². The minimum atomic E-state index is -1.09. The van der Waals surface area contributed by atoms with Gasteiger partial charge in [0.1, 0.15) is 12.0 Å². The van der Waals surface area contributed by atoms with Crippen LogP contribution in [-0.2, 0) is 25.7 Å². The molecule has 1 aromatic heterocycles. The molecule has 28 heavy (non-hydrogen) atoms. The number of aryl methyl sites for hydroxylation is 2. The number of aliphatic carboxylic acids is 1. The van der Waals surface area contributed by atoms with E-state index in [2.05, 4.69) is 5.10 Å². The molecular formula is C19H28N4O5. The number of carbonyl (C=O) groups is 3. The van der Waals surface area contributed by atoms with Crippen LogP contribution < -0.4 is 0 Å². The molecule has 0 radical (unpaired) electrons.